The van der Waals surface area contributed by atoms with Gasteiger partial charge in [-0.2, -0.15) is 10.4 Å². The zero-order valence-corrected chi connectivity index (χ0v) is 21.8. The maximum absolute atomic E-state index is 11.2. The Bertz CT molecular complexity index is 923. The number of aromatic nitrogens is 2. The highest BCUT2D eigenvalue weighted by molar-refractivity contribution is 5.18. The molecule has 1 aromatic heterocycles. The van der Waals surface area contributed by atoms with Gasteiger partial charge >= 0.3 is 0 Å². The summed E-state index contributed by atoms with van der Waals surface area (Å²) in [5.41, 5.74) is 0.860. The number of nitriles is 1. The fraction of sp³-hybridized carbons (Fsp3) is 0.862. The van der Waals surface area contributed by atoms with Crippen LogP contribution >= 0.6 is 0 Å². The third-order valence-electron chi connectivity index (χ3n) is 11.4. The summed E-state index contributed by atoms with van der Waals surface area (Å²) in [5.74, 6) is 4.36. The monoisotopic (exact) mass is 467 g/mol. The summed E-state index contributed by atoms with van der Waals surface area (Å²) >= 11 is 0. The largest absolute Gasteiger partial charge is 0.387 e. The minimum absolute atomic E-state index is 0.378. The third kappa shape index (κ3) is 3.84. The zero-order valence-electron chi connectivity index (χ0n) is 21.8. The van der Waals surface area contributed by atoms with Crippen LogP contribution in [-0.4, -0.2) is 33.7 Å². The summed E-state index contributed by atoms with van der Waals surface area (Å²) in [7, 11) is 0. The van der Waals surface area contributed by atoms with Crippen molar-refractivity contribution in [1.29, 1.82) is 5.26 Å². The number of fused-ring (bicyclic) bond motifs is 5. The molecule has 4 fully saturated rings. The Labute approximate surface area is 206 Å². The van der Waals surface area contributed by atoms with Crippen LogP contribution < -0.4 is 0 Å². The van der Waals surface area contributed by atoms with E-state index in [9.17, 15) is 10.4 Å². The lowest BCUT2D eigenvalue weighted by molar-refractivity contribution is -0.166. The molecule has 0 saturated heterocycles. The molecule has 1 aromatic rings. The first-order chi connectivity index (χ1) is 16.2. The van der Waals surface area contributed by atoms with Crippen LogP contribution in [0.5, 0.6) is 0 Å². The Morgan fingerprint density at radius 2 is 1.94 bits per heavy atom. The summed E-state index contributed by atoms with van der Waals surface area (Å²) in [6, 6.07) is 4.13. The van der Waals surface area contributed by atoms with Crippen LogP contribution in [0.2, 0.25) is 0 Å². The van der Waals surface area contributed by atoms with Crippen molar-refractivity contribution in [3.8, 4) is 6.07 Å². The van der Waals surface area contributed by atoms with Gasteiger partial charge < -0.3 is 9.84 Å². The molecule has 0 spiro atoms. The van der Waals surface area contributed by atoms with Crippen molar-refractivity contribution in [2.75, 3.05) is 13.2 Å². The maximum atomic E-state index is 11.2. The second-order valence-corrected chi connectivity index (χ2v) is 12.9. The average Bonchev–Trinajstić information content (AvgIpc) is 3.41. The van der Waals surface area contributed by atoms with Crippen molar-refractivity contribution < 1.29 is 9.84 Å². The van der Waals surface area contributed by atoms with Crippen molar-refractivity contribution in [3.63, 3.8) is 0 Å². The topological polar surface area (TPSA) is 71.1 Å². The number of ether oxygens (including phenoxy) is 1. The molecule has 0 radical (unpaired) electrons. The van der Waals surface area contributed by atoms with E-state index in [0.29, 0.717) is 47.5 Å². The number of rotatable bonds is 6. The van der Waals surface area contributed by atoms with Crippen LogP contribution in [0.15, 0.2) is 12.3 Å². The molecule has 5 nitrogen and oxygen atoms in total. The second kappa shape index (κ2) is 8.93. The Kier molecular flexibility index (Phi) is 6.39. The van der Waals surface area contributed by atoms with E-state index < -0.39 is 5.60 Å². The lowest BCUT2D eigenvalue weighted by atomic mass is 9.43. The summed E-state index contributed by atoms with van der Waals surface area (Å²) in [6.07, 6.45) is 12.7. The second-order valence-electron chi connectivity index (χ2n) is 12.9. The lowest BCUT2D eigenvalue weighted by Gasteiger charge is -2.62. The summed E-state index contributed by atoms with van der Waals surface area (Å²) in [6.45, 7) is 11.6. The summed E-state index contributed by atoms with van der Waals surface area (Å²) in [4.78, 5) is 0. The van der Waals surface area contributed by atoms with Gasteiger partial charge in [0.25, 0.3) is 0 Å². The molecule has 0 amide bonds. The van der Waals surface area contributed by atoms with Gasteiger partial charge in [0.15, 0.2) is 0 Å². The normalized spacial score (nSPS) is 44.5. The first kappa shape index (κ1) is 24.3. The van der Waals surface area contributed by atoms with Crippen LogP contribution in [0.1, 0.15) is 91.2 Å². The fourth-order valence-electron chi connectivity index (χ4n) is 9.69. The lowest BCUT2D eigenvalue weighted by Crippen LogP contribution is -2.56. The van der Waals surface area contributed by atoms with E-state index in [1.165, 1.54) is 38.5 Å². The summed E-state index contributed by atoms with van der Waals surface area (Å²) < 4.78 is 7.60. The van der Waals surface area contributed by atoms with Crippen LogP contribution in [0.25, 0.3) is 0 Å². The van der Waals surface area contributed by atoms with E-state index in [4.69, 9.17) is 4.74 Å². The van der Waals surface area contributed by atoms with E-state index in [0.717, 1.165) is 43.6 Å². The maximum Gasteiger partial charge on any atom is 0.138 e. The predicted octanol–water partition coefficient (Wildman–Crippen LogP) is 5.82. The average molecular weight is 468 g/mol. The molecule has 4 aliphatic rings. The van der Waals surface area contributed by atoms with E-state index in [1.54, 1.807) is 6.20 Å². The van der Waals surface area contributed by atoms with Crippen molar-refractivity contribution in [3.05, 3.63) is 18.0 Å². The predicted molar refractivity (Wildman–Crippen MR) is 133 cm³/mol. The number of nitrogens with zero attached hydrogens (tertiary/aromatic N) is 3. The van der Waals surface area contributed by atoms with Crippen molar-refractivity contribution in [1.82, 2.24) is 9.78 Å². The van der Waals surface area contributed by atoms with Gasteiger partial charge in [-0.15, -0.1) is 0 Å². The molecule has 5 rings (SSSR count). The molecule has 0 bridgehead atoms. The van der Waals surface area contributed by atoms with E-state index in [-0.39, 0.29) is 0 Å². The number of hydrogen-bond donors (Lipinski definition) is 1. The highest BCUT2D eigenvalue weighted by atomic mass is 16.5. The minimum atomic E-state index is -0.612. The molecule has 4 saturated carbocycles. The van der Waals surface area contributed by atoms with Crippen LogP contribution in [-0.2, 0) is 11.3 Å². The van der Waals surface area contributed by atoms with Gasteiger partial charge in [0.05, 0.1) is 18.4 Å². The Hall–Kier alpha value is -1.38. The van der Waals surface area contributed by atoms with Crippen LogP contribution in [0.3, 0.4) is 0 Å². The molecule has 34 heavy (non-hydrogen) atoms. The highest BCUT2D eigenvalue weighted by Gasteiger charge is 2.61. The van der Waals surface area contributed by atoms with Gasteiger partial charge in [0.2, 0.25) is 0 Å². The van der Waals surface area contributed by atoms with E-state index >= 15 is 0 Å². The van der Waals surface area contributed by atoms with Crippen molar-refractivity contribution in [2.45, 2.75) is 97.6 Å². The molecular formula is C29H45N3O2. The smallest absolute Gasteiger partial charge is 0.138 e. The van der Waals surface area contributed by atoms with E-state index in [1.807, 2.05) is 17.7 Å². The minimum Gasteiger partial charge on any atom is -0.387 e. The molecule has 188 valence electrons. The quantitative estimate of drug-likeness (QED) is 0.572. The molecule has 4 aliphatic carbocycles. The molecule has 9 atom stereocenters. The third-order valence-corrected chi connectivity index (χ3v) is 11.4. The number of hydrogen-bond acceptors (Lipinski definition) is 4. The van der Waals surface area contributed by atoms with Gasteiger partial charge in [-0.25, -0.2) is 0 Å². The first-order valence-corrected chi connectivity index (χ1v) is 14.0. The standard InChI is InChI=1S/C29H45N3O2/c1-5-34-19-29(33)14-13-27(3)21(16-29)6-7-23-25-9-8-24(28(25,4)12-10-26(23)27)20(2)18-32-22(17-30)11-15-31-32/h11,15,20-21,23-26,33H,5-10,12-14,16,18-19H2,1-4H3/t20-,21-,23+,24-,25+,26+,27+,28-,29-/m1/s1. The molecular weight excluding hydrogens is 422 g/mol. The van der Waals surface area contributed by atoms with Crippen LogP contribution in [0, 0.1) is 57.7 Å². The van der Waals surface area contributed by atoms with Crippen molar-refractivity contribution in [2.24, 2.45) is 46.3 Å². The van der Waals surface area contributed by atoms with Crippen molar-refractivity contribution >= 4 is 0 Å². The van der Waals surface area contributed by atoms with Gasteiger partial charge in [0.1, 0.15) is 11.8 Å². The summed E-state index contributed by atoms with van der Waals surface area (Å²) in [5, 5.41) is 25.1. The van der Waals surface area contributed by atoms with Gasteiger partial charge in [0, 0.05) is 13.2 Å². The Morgan fingerprint density at radius 3 is 2.71 bits per heavy atom. The number of aliphatic hydroxyl groups is 1. The van der Waals surface area contributed by atoms with E-state index in [2.05, 4.69) is 31.9 Å². The molecule has 0 aromatic carbocycles. The fourth-order valence-corrected chi connectivity index (χ4v) is 9.69. The van der Waals surface area contributed by atoms with Gasteiger partial charge in [-0.05, 0) is 117 Å². The Morgan fingerprint density at radius 1 is 1.15 bits per heavy atom. The molecule has 1 N–H and O–H groups in total. The Balaban J connectivity index is 1.30. The molecule has 1 heterocycles. The molecule has 5 heteroatoms. The SMILES string of the molecule is CCOC[C@@]1(O)CC[C@@]2(C)[C@H](CC[C@@H]3[C@@H]2CC[C@]2(C)[C@@H]([C@H](C)Cn4nccc4C#N)CC[C@@H]32)C1. The molecule has 0 unspecified atom stereocenters. The first-order valence-electron chi connectivity index (χ1n) is 14.0. The van der Waals surface area contributed by atoms with Crippen LogP contribution in [0.4, 0.5) is 0 Å². The van der Waals surface area contributed by atoms with Gasteiger partial charge in [-0.3, -0.25) is 4.68 Å². The zero-order chi connectivity index (χ0) is 24.1. The molecule has 0 aliphatic heterocycles. The highest BCUT2D eigenvalue weighted by Crippen LogP contribution is 2.68. The van der Waals surface area contributed by atoms with Gasteiger partial charge in [-0.1, -0.05) is 20.8 Å².